The van der Waals surface area contributed by atoms with Gasteiger partial charge in [-0.3, -0.25) is 0 Å². The summed E-state index contributed by atoms with van der Waals surface area (Å²) in [5.41, 5.74) is 12.9. The molecule has 0 radical (unpaired) electrons. The first-order valence-corrected chi connectivity index (χ1v) is 14.6. The predicted molar refractivity (Wildman–Crippen MR) is 183 cm³/mol. The lowest BCUT2D eigenvalue weighted by atomic mass is 9.99. The van der Waals surface area contributed by atoms with Crippen molar-refractivity contribution in [3.63, 3.8) is 0 Å². The SMILES string of the molecule is CN(C1=C2C=CC(=N2)C(c2ccccc2)=C2C=CC(=N2)C=C2C=CC(=N2)C(c2ccccc2)=C2C=CC1=N2)c1ccccc1. The van der Waals surface area contributed by atoms with Crippen LogP contribution in [-0.4, -0.2) is 29.9 Å². The maximum absolute atomic E-state index is 5.26. The van der Waals surface area contributed by atoms with Crippen molar-refractivity contribution in [1.82, 2.24) is 0 Å². The van der Waals surface area contributed by atoms with Crippen LogP contribution in [0.1, 0.15) is 11.1 Å². The molecule has 0 N–H and O–H groups in total. The Balaban J connectivity index is 1.41. The molecule has 3 aromatic carbocycles. The van der Waals surface area contributed by atoms with Gasteiger partial charge in [-0.1, -0.05) is 78.9 Å². The van der Waals surface area contributed by atoms with Crippen molar-refractivity contribution in [2.45, 2.75) is 0 Å². The van der Waals surface area contributed by atoms with Crippen LogP contribution in [0.25, 0.3) is 11.1 Å². The quantitative estimate of drug-likeness (QED) is 0.315. The molecule has 0 atom stereocenters. The van der Waals surface area contributed by atoms with Crippen molar-refractivity contribution in [2.24, 2.45) is 20.0 Å². The molecule has 8 bridgehead atoms. The van der Waals surface area contributed by atoms with E-state index < -0.39 is 0 Å². The molecule has 0 unspecified atom stereocenters. The van der Waals surface area contributed by atoms with Crippen molar-refractivity contribution >= 4 is 39.7 Å². The van der Waals surface area contributed by atoms with Crippen LogP contribution in [0, 0.1) is 0 Å². The van der Waals surface area contributed by atoms with Crippen molar-refractivity contribution in [3.05, 3.63) is 185 Å². The first-order chi connectivity index (χ1) is 21.7. The van der Waals surface area contributed by atoms with E-state index in [1.54, 1.807) is 0 Å². The van der Waals surface area contributed by atoms with Gasteiger partial charge in [0, 0.05) is 23.9 Å². The number of para-hydroxylation sites is 1. The van der Waals surface area contributed by atoms with Gasteiger partial charge in [0.1, 0.15) is 0 Å². The lowest BCUT2D eigenvalue weighted by Crippen LogP contribution is -2.23. The summed E-state index contributed by atoms with van der Waals surface area (Å²) in [6, 6.07) is 31.0. The Kier molecular flexibility index (Phi) is 6.27. The van der Waals surface area contributed by atoms with E-state index in [-0.39, 0.29) is 0 Å². The smallest absolute Gasteiger partial charge is 0.0930 e. The number of hydrogen-bond donors (Lipinski definition) is 0. The van der Waals surface area contributed by atoms with E-state index in [0.717, 1.165) is 79.3 Å². The number of nitrogens with zero attached hydrogens (tertiary/aromatic N) is 5. The zero-order valence-electron chi connectivity index (χ0n) is 24.1. The first kappa shape index (κ1) is 25.7. The third-order valence-electron chi connectivity index (χ3n) is 8.01. The molecular weight excluding hydrogens is 538 g/mol. The van der Waals surface area contributed by atoms with Gasteiger partial charge >= 0.3 is 0 Å². The third-order valence-corrected chi connectivity index (χ3v) is 8.01. The summed E-state index contributed by atoms with van der Waals surface area (Å²) >= 11 is 0. The molecule has 5 aliphatic heterocycles. The summed E-state index contributed by atoms with van der Waals surface area (Å²) < 4.78 is 0. The minimum absolute atomic E-state index is 0.838. The van der Waals surface area contributed by atoms with Gasteiger partial charge in [0.05, 0.1) is 51.3 Å². The highest BCUT2D eigenvalue weighted by Gasteiger charge is 2.26. The Morgan fingerprint density at radius 3 is 1.68 bits per heavy atom. The van der Waals surface area contributed by atoms with Gasteiger partial charge in [-0.05, 0) is 77.9 Å². The highest BCUT2D eigenvalue weighted by atomic mass is 15.1. The Labute approximate surface area is 256 Å². The van der Waals surface area contributed by atoms with Crippen molar-refractivity contribution in [2.75, 3.05) is 11.9 Å². The maximum atomic E-state index is 5.26. The number of allylic oxidation sites excluding steroid dienone is 11. The molecule has 0 spiro atoms. The zero-order chi connectivity index (χ0) is 29.5. The summed E-state index contributed by atoms with van der Waals surface area (Å²) in [5.74, 6) is 0. The molecule has 0 amide bonds. The summed E-state index contributed by atoms with van der Waals surface area (Å²) in [5, 5.41) is 0. The van der Waals surface area contributed by atoms with Crippen LogP contribution in [0.3, 0.4) is 0 Å². The molecule has 208 valence electrons. The molecule has 44 heavy (non-hydrogen) atoms. The normalized spacial score (nSPS) is 18.2. The fraction of sp³-hybridized carbons (Fsp3) is 0.0256. The molecule has 0 saturated heterocycles. The Morgan fingerprint density at radius 2 is 0.977 bits per heavy atom. The molecule has 8 rings (SSSR count). The average molecular weight is 566 g/mol. The summed E-state index contributed by atoms with van der Waals surface area (Å²) in [7, 11) is 2.07. The van der Waals surface area contributed by atoms with Gasteiger partial charge in [-0.15, -0.1) is 0 Å². The van der Waals surface area contributed by atoms with Gasteiger partial charge in [0.25, 0.3) is 0 Å². The van der Waals surface area contributed by atoms with E-state index in [2.05, 4.69) is 84.8 Å². The molecule has 0 aromatic heterocycles. The molecule has 3 aromatic rings. The molecule has 0 fully saturated rings. The molecule has 0 aliphatic carbocycles. The highest BCUT2D eigenvalue weighted by molar-refractivity contribution is 6.34. The number of fused-ring (bicyclic) bond motifs is 4. The number of anilines is 1. The average Bonchev–Trinajstić information content (AvgIpc) is 3.90. The molecular formula is C39H27N5. The predicted octanol–water partition coefficient (Wildman–Crippen LogP) is 8.10. The number of aliphatic imine (C=N–C) groups is 4. The Hall–Kier alpha value is -5.94. The summed E-state index contributed by atoms with van der Waals surface area (Å²) in [6.45, 7) is 0. The van der Waals surface area contributed by atoms with E-state index in [1.165, 1.54) is 0 Å². The molecule has 5 heterocycles. The molecule has 5 nitrogen and oxygen atoms in total. The maximum Gasteiger partial charge on any atom is 0.0930 e. The van der Waals surface area contributed by atoms with Crippen LogP contribution in [0.4, 0.5) is 5.69 Å². The number of benzene rings is 3. The van der Waals surface area contributed by atoms with E-state index in [1.807, 2.05) is 72.8 Å². The molecule has 5 aliphatic rings. The van der Waals surface area contributed by atoms with E-state index in [0.29, 0.717) is 0 Å². The minimum atomic E-state index is 0.838. The second-order valence-electron chi connectivity index (χ2n) is 10.8. The Bertz CT molecular complexity index is 2040. The largest absolute Gasteiger partial charge is 0.341 e. The van der Waals surface area contributed by atoms with Crippen molar-refractivity contribution in [1.29, 1.82) is 0 Å². The van der Waals surface area contributed by atoms with E-state index >= 15 is 0 Å². The van der Waals surface area contributed by atoms with E-state index in [9.17, 15) is 0 Å². The number of hydrogen-bond acceptors (Lipinski definition) is 5. The second-order valence-corrected chi connectivity index (χ2v) is 10.8. The minimum Gasteiger partial charge on any atom is -0.341 e. The van der Waals surface area contributed by atoms with Gasteiger partial charge in [0.15, 0.2) is 0 Å². The van der Waals surface area contributed by atoms with Crippen LogP contribution in [0.15, 0.2) is 194 Å². The van der Waals surface area contributed by atoms with Gasteiger partial charge in [-0.2, -0.15) is 0 Å². The lowest BCUT2D eigenvalue weighted by Gasteiger charge is -2.23. The highest BCUT2D eigenvalue weighted by Crippen LogP contribution is 2.35. The Morgan fingerprint density at radius 1 is 0.455 bits per heavy atom. The monoisotopic (exact) mass is 565 g/mol. The fourth-order valence-electron chi connectivity index (χ4n) is 5.93. The number of rotatable bonds is 4. The summed E-state index contributed by atoms with van der Waals surface area (Å²) in [4.78, 5) is 22.8. The van der Waals surface area contributed by atoms with Gasteiger partial charge in [-0.25, -0.2) is 20.0 Å². The summed E-state index contributed by atoms with van der Waals surface area (Å²) in [6.07, 6.45) is 18.6. The topological polar surface area (TPSA) is 52.7 Å². The van der Waals surface area contributed by atoms with Crippen LogP contribution >= 0.6 is 0 Å². The van der Waals surface area contributed by atoms with Crippen LogP contribution in [0.2, 0.25) is 0 Å². The van der Waals surface area contributed by atoms with Crippen molar-refractivity contribution < 1.29 is 0 Å². The molecule has 5 heteroatoms. The van der Waals surface area contributed by atoms with Gasteiger partial charge < -0.3 is 4.90 Å². The van der Waals surface area contributed by atoms with Gasteiger partial charge in [0.2, 0.25) is 0 Å². The third kappa shape index (κ3) is 4.61. The van der Waals surface area contributed by atoms with Crippen LogP contribution < -0.4 is 4.90 Å². The van der Waals surface area contributed by atoms with Crippen LogP contribution in [-0.2, 0) is 0 Å². The fourth-order valence-corrected chi connectivity index (χ4v) is 5.93. The second kappa shape index (κ2) is 10.7. The molecule has 0 saturated carbocycles. The lowest BCUT2D eigenvalue weighted by molar-refractivity contribution is 1.12. The zero-order valence-corrected chi connectivity index (χ0v) is 24.1. The van der Waals surface area contributed by atoms with E-state index in [4.69, 9.17) is 20.0 Å². The van der Waals surface area contributed by atoms with Crippen LogP contribution in [0.5, 0.6) is 0 Å². The van der Waals surface area contributed by atoms with Crippen molar-refractivity contribution in [3.8, 4) is 0 Å². The standard InChI is InChI=1S/C39H27N5/c1-44(30-15-9-4-10-16-30)39-35-23-21-33(42-35)37(26-11-5-2-6-12-26)31-19-17-28(40-31)25-29-18-20-32(41-29)38(27-13-7-3-8-14-27)34-22-24-36(39)43-34/h2-25H,1H3. The first-order valence-electron chi connectivity index (χ1n) is 14.6.